The zero-order valence-corrected chi connectivity index (χ0v) is 17.5. The lowest BCUT2D eigenvalue weighted by atomic mass is 10.2. The minimum Gasteiger partial charge on any atom is -0.353 e. The van der Waals surface area contributed by atoms with Crippen molar-refractivity contribution >= 4 is 44.4 Å². The molecule has 0 bridgehead atoms. The molecule has 2 aromatic heterocycles. The van der Waals surface area contributed by atoms with Crippen molar-refractivity contribution in [3.05, 3.63) is 40.8 Å². The van der Waals surface area contributed by atoms with Gasteiger partial charge in [-0.1, -0.05) is 15.9 Å². The van der Waals surface area contributed by atoms with Crippen molar-refractivity contribution in [2.75, 3.05) is 42.9 Å². The van der Waals surface area contributed by atoms with Crippen molar-refractivity contribution in [1.29, 1.82) is 0 Å². The molecule has 1 aliphatic heterocycles. The fraction of sp³-hybridized carbons (Fsp3) is 0.368. The lowest BCUT2D eigenvalue weighted by Crippen LogP contribution is -2.49. The minimum atomic E-state index is 0.00635. The van der Waals surface area contributed by atoms with Gasteiger partial charge in [-0.05, 0) is 30.7 Å². The number of piperazine rings is 1. The highest BCUT2D eigenvalue weighted by Gasteiger charge is 2.22. The van der Waals surface area contributed by atoms with Gasteiger partial charge < -0.3 is 10.2 Å². The Kier molecular flexibility index (Phi) is 5.27. The summed E-state index contributed by atoms with van der Waals surface area (Å²) in [6, 6.07) is 5.82. The maximum atomic E-state index is 12.4. The van der Waals surface area contributed by atoms with E-state index < -0.39 is 0 Å². The number of nitrogens with zero attached hydrogens (tertiary/aromatic N) is 6. The number of rotatable bonds is 4. The van der Waals surface area contributed by atoms with Crippen LogP contribution < -0.4 is 10.2 Å². The summed E-state index contributed by atoms with van der Waals surface area (Å²) in [6.07, 6.45) is 3.39. The number of anilines is 2. The van der Waals surface area contributed by atoms with Gasteiger partial charge in [-0.25, -0.2) is 9.97 Å². The normalized spacial score (nSPS) is 15.2. The summed E-state index contributed by atoms with van der Waals surface area (Å²) in [5.74, 6) is 0.916. The molecule has 1 saturated heterocycles. The van der Waals surface area contributed by atoms with Crippen molar-refractivity contribution in [3.8, 4) is 0 Å². The summed E-state index contributed by atoms with van der Waals surface area (Å²) < 4.78 is 2.79. The number of aromatic nitrogens is 4. The predicted octanol–water partition coefficient (Wildman–Crippen LogP) is 2.19. The van der Waals surface area contributed by atoms with Gasteiger partial charge in [0.05, 0.1) is 18.1 Å². The second-order valence-corrected chi connectivity index (χ2v) is 7.83. The first-order valence-corrected chi connectivity index (χ1v) is 9.96. The molecule has 0 spiro atoms. The summed E-state index contributed by atoms with van der Waals surface area (Å²) >= 11 is 3.48. The number of hydrogen-bond donors (Lipinski definition) is 1. The topological polar surface area (TPSA) is 79.2 Å². The van der Waals surface area contributed by atoms with Crippen LogP contribution >= 0.6 is 15.9 Å². The second kappa shape index (κ2) is 7.84. The summed E-state index contributed by atoms with van der Waals surface area (Å²) in [5.41, 5.74) is 2.75. The van der Waals surface area contributed by atoms with Crippen molar-refractivity contribution in [2.24, 2.45) is 7.05 Å². The van der Waals surface area contributed by atoms with Crippen molar-refractivity contribution in [3.63, 3.8) is 0 Å². The van der Waals surface area contributed by atoms with E-state index in [-0.39, 0.29) is 5.91 Å². The third-order valence-electron chi connectivity index (χ3n) is 4.99. The second-order valence-electron chi connectivity index (χ2n) is 6.98. The molecule has 3 heterocycles. The van der Waals surface area contributed by atoms with E-state index in [4.69, 9.17) is 0 Å². The van der Waals surface area contributed by atoms with E-state index in [0.29, 0.717) is 6.54 Å². The lowest BCUT2D eigenvalue weighted by Gasteiger charge is -2.35. The minimum absolute atomic E-state index is 0.00635. The molecule has 0 aliphatic carbocycles. The molecule has 1 aliphatic rings. The highest BCUT2D eigenvalue weighted by Crippen LogP contribution is 2.23. The van der Waals surface area contributed by atoms with Crippen LogP contribution in [0.5, 0.6) is 0 Å². The van der Waals surface area contributed by atoms with E-state index in [0.717, 1.165) is 58.8 Å². The monoisotopic (exact) mass is 443 g/mol. The Balaban J connectivity index is 1.35. The molecule has 1 amide bonds. The number of aryl methyl sites for hydroxylation is 2. The first-order chi connectivity index (χ1) is 13.5. The molecule has 8 nitrogen and oxygen atoms in total. The number of nitrogens with one attached hydrogen (secondary N) is 1. The summed E-state index contributed by atoms with van der Waals surface area (Å²) in [6.45, 7) is 5.62. The number of benzene rings is 1. The van der Waals surface area contributed by atoms with Crippen LogP contribution in [0.4, 0.5) is 11.5 Å². The molecule has 4 rings (SSSR count). The van der Waals surface area contributed by atoms with Gasteiger partial charge in [-0.3, -0.25) is 14.4 Å². The summed E-state index contributed by atoms with van der Waals surface area (Å²) in [4.78, 5) is 25.6. The Morgan fingerprint density at radius 2 is 2.00 bits per heavy atom. The Bertz CT molecular complexity index is 1010. The molecule has 9 heteroatoms. The van der Waals surface area contributed by atoms with E-state index in [9.17, 15) is 4.79 Å². The van der Waals surface area contributed by atoms with Crippen molar-refractivity contribution in [2.45, 2.75) is 6.92 Å². The summed E-state index contributed by atoms with van der Waals surface area (Å²) in [7, 11) is 1.88. The zero-order chi connectivity index (χ0) is 19.7. The van der Waals surface area contributed by atoms with Gasteiger partial charge in [0.25, 0.3) is 0 Å². The quantitative estimate of drug-likeness (QED) is 0.665. The summed E-state index contributed by atoms with van der Waals surface area (Å²) in [5, 5.41) is 8.22. The number of carbonyl (C=O) groups excluding carboxylic acids is 1. The largest absolute Gasteiger partial charge is 0.353 e. The van der Waals surface area contributed by atoms with E-state index in [1.165, 1.54) is 0 Å². The smallest absolute Gasteiger partial charge is 0.238 e. The van der Waals surface area contributed by atoms with Gasteiger partial charge in [0.1, 0.15) is 12.1 Å². The Labute approximate surface area is 171 Å². The van der Waals surface area contributed by atoms with Gasteiger partial charge in [0.2, 0.25) is 5.91 Å². The fourth-order valence-electron chi connectivity index (χ4n) is 3.45. The molecule has 0 atom stereocenters. The van der Waals surface area contributed by atoms with Crippen LogP contribution in [-0.4, -0.2) is 63.3 Å². The number of carbonyl (C=O) groups is 1. The fourth-order valence-corrected chi connectivity index (χ4v) is 3.69. The molecular weight excluding hydrogens is 422 g/mol. The van der Waals surface area contributed by atoms with Crippen LogP contribution in [0.15, 0.2) is 35.2 Å². The zero-order valence-electron chi connectivity index (χ0n) is 15.9. The van der Waals surface area contributed by atoms with E-state index in [2.05, 4.69) is 46.1 Å². The van der Waals surface area contributed by atoms with Crippen LogP contribution in [0.2, 0.25) is 0 Å². The van der Waals surface area contributed by atoms with Gasteiger partial charge in [0.15, 0.2) is 5.65 Å². The molecule has 1 fully saturated rings. The van der Waals surface area contributed by atoms with E-state index in [1.54, 1.807) is 11.0 Å². The molecule has 1 aromatic carbocycles. The van der Waals surface area contributed by atoms with Crippen LogP contribution in [0.3, 0.4) is 0 Å². The Hall–Kier alpha value is -2.52. The number of fused-ring (bicyclic) bond motifs is 1. The average molecular weight is 444 g/mol. The SMILES string of the molecule is Cc1cc(NC(=O)CN2CCN(c3ncnc4c3cnn4C)CC2)ccc1Br. The van der Waals surface area contributed by atoms with Gasteiger partial charge in [0, 0.05) is 43.4 Å². The number of hydrogen-bond acceptors (Lipinski definition) is 6. The van der Waals surface area contributed by atoms with Crippen molar-refractivity contribution in [1.82, 2.24) is 24.6 Å². The van der Waals surface area contributed by atoms with Crippen LogP contribution in [0, 0.1) is 6.92 Å². The molecule has 1 N–H and O–H groups in total. The van der Waals surface area contributed by atoms with Gasteiger partial charge in [-0.2, -0.15) is 5.10 Å². The van der Waals surface area contributed by atoms with E-state index >= 15 is 0 Å². The van der Waals surface area contributed by atoms with Crippen LogP contribution in [0.25, 0.3) is 11.0 Å². The average Bonchev–Trinajstić information content (AvgIpc) is 3.07. The molecular formula is C19H22BrN7O. The third kappa shape index (κ3) is 3.85. The molecule has 0 unspecified atom stereocenters. The maximum Gasteiger partial charge on any atom is 0.238 e. The third-order valence-corrected chi connectivity index (χ3v) is 5.88. The molecule has 146 valence electrons. The van der Waals surface area contributed by atoms with Crippen molar-refractivity contribution < 1.29 is 4.79 Å². The number of halogens is 1. The van der Waals surface area contributed by atoms with Gasteiger partial charge in [-0.15, -0.1) is 0 Å². The van der Waals surface area contributed by atoms with Gasteiger partial charge >= 0.3 is 0 Å². The standard InChI is InChI=1S/C19H22BrN7O/c1-13-9-14(3-4-16(13)20)24-17(28)11-26-5-7-27(8-6-26)19-15-10-23-25(2)18(15)21-12-22-19/h3-4,9-10,12H,5-8,11H2,1-2H3,(H,24,28). The van der Waals surface area contributed by atoms with E-state index in [1.807, 2.05) is 38.4 Å². The highest BCUT2D eigenvalue weighted by molar-refractivity contribution is 9.10. The highest BCUT2D eigenvalue weighted by atomic mass is 79.9. The Morgan fingerprint density at radius 1 is 1.21 bits per heavy atom. The van der Waals surface area contributed by atoms with Crippen LogP contribution in [-0.2, 0) is 11.8 Å². The molecule has 0 radical (unpaired) electrons. The Morgan fingerprint density at radius 3 is 2.75 bits per heavy atom. The maximum absolute atomic E-state index is 12.4. The molecule has 0 saturated carbocycles. The first kappa shape index (κ1) is 18.8. The molecule has 28 heavy (non-hydrogen) atoms. The number of amides is 1. The first-order valence-electron chi connectivity index (χ1n) is 9.17. The lowest BCUT2D eigenvalue weighted by molar-refractivity contribution is -0.117. The predicted molar refractivity (Wildman–Crippen MR) is 112 cm³/mol. The van der Waals surface area contributed by atoms with Crippen LogP contribution in [0.1, 0.15) is 5.56 Å². The molecule has 3 aromatic rings.